The summed E-state index contributed by atoms with van der Waals surface area (Å²) in [5.41, 5.74) is 3.33. The molecular formula is C26H34N4O3. The Bertz CT molecular complexity index is 1090. The Hall–Kier alpha value is -2.61. The first-order chi connectivity index (χ1) is 16.1. The lowest BCUT2D eigenvalue weighted by atomic mass is 10.0. The van der Waals surface area contributed by atoms with Gasteiger partial charge in [-0.1, -0.05) is 18.2 Å². The van der Waals surface area contributed by atoms with E-state index in [0.717, 1.165) is 75.4 Å². The van der Waals surface area contributed by atoms with Crippen molar-refractivity contribution in [3.63, 3.8) is 0 Å². The molecule has 0 bridgehead atoms. The van der Waals surface area contributed by atoms with E-state index in [1.165, 1.54) is 16.5 Å². The number of ether oxygens (including phenoxy) is 2. The molecule has 5 rings (SSSR count). The maximum atomic E-state index is 6.13. The number of hydrogen-bond donors (Lipinski definition) is 1. The lowest BCUT2D eigenvalue weighted by molar-refractivity contribution is 0.122. The van der Waals surface area contributed by atoms with Crippen LogP contribution in [0, 0.1) is 6.92 Å². The van der Waals surface area contributed by atoms with E-state index in [1.807, 2.05) is 19.2 Å². The van der Waals surface area contributed by atoms with Crippen LogP contribution in [0.5, 0.6) is 5.75 Å². The fraction of sp³-hybridized carbons (Fsp3) is 0.500. The van der Waals surface area contributed by atoms with Crippen molar-refractivity contribution in [2.45, 2.75) is 39.5 Å². The number of nitrogens with one attached hydrogen (secondary N) is 1. The molecule has 2 saturated heterocycles. The number of aryl methyl sites for hydroxylation is 1. The van der Waals surface area contributed by atoms with Crippen molar-refractivity contribution in [1.82, 2.24) is 15.2 Å². The van der Waals surface area contributed by atoms with Crippen molar-refractivity contribution < 1.29 is 13.9 Å². The monoisotopic (exact) mass is 450 g/mol. The zero-order chi connectivity index (χ0) is 22.8. The molecule has 176 valence electrons. The van der Waals surface area contributed by atoms with Crippen LogP contribution in [0.15, 0.2) is 40.9 Å². The summed E-state index contributed by atoms with van der Waals surface area (Å²) in [6.07, 6.45) is 2.19. The zero-order valence-corrected chi connectivity index (χ0v) is 19.8. The van der Waals surface area contributed by atoms with Crippen molar-refractivity contribution in [1.29, 1.82) is 0 Å². The van der Waals surface area contributed by atoms with Gasteiger partial charge in [0.05, 0.1) is 19.3 Å². The van der Waals surface area contributed by atoms with Crippen molar-refractivity contribution in [3.05, 3.63) is 53.4 Å². The molecule has 4 heterocycles. The van der Waals surface area contributed by atoms with Crippen LogP contribution in [-0.4, -0.2) is 61.9 Å². The average molecular weight is 451 g/mol. The van der Waals surface area contributed by atoms with Gasteiger partial charge in [0.2, 0.25) is 0 Å². The lowest BCUT2D eigenvalue weighted by Crippen LogP contribution is -2.45. The van der Waals surface area contributed by atoms with E-state index < -0.39 is 0 Å². The van der Waals surface area contributed by atoms with Gasteiger partial charge in [-0.05, 0) is 38.5 Å². The molecular weight excluding hydrogens is 416 g/mol. The van der Waals surface area contributed by atoms with Crippen LogP contribution in [0.4, 0.5) is 5.82 Å². The van der Waals surface area contributed by atoms with Gasteiger partial charge in [-0.25, -0.2) is 4.98 Å². The topological polar surface area (TPSA) is 63.0 Å². The van der Waals surface area contributed by atoms with Crippen LogP contribution in [0.3, 0.4) is 0 Å². The summed E-state index contributed by atoms with van der Waals surface area (Å²) in [6, 6.07) is 10.8. The number of morpholine rings is 1. The van der Waals surface area contributed by atoms with Gasteiger partial charge >= 0.3 is 0 Å². The third-order valence-corrected chi connectivity index (χ3v) is 6.37. The standard InChI is InChI=1S/C26H34N4O3/c1-18(2)32-24-7-5-4-6-21(24)23-17-29(9-8-27-23)16-20-15-28-26(30-10-12-31-13-11-30)25-22(20)14-19(3)33-25/h4-7,14-15,18,23,27H,8-13,16-17H2,1-3H3/t23-/m1/s1. The van der Waals surface area contributed by atoms with E-state index in [4.69, 9.17) is 18.9 Å². The number of anilines is 1. The normalized spacial score (nSPS) is 20.0. The van der Waals surface area contributed by atoms with E-state index in [2.05, 4.69) is 53.2 Å². The second-order valence-corrected chi connectivity index (χ2v) is 9.25. The molecule has 0 saturated carbocycles. The molecule has 0 amide bonds. The van der Waals surface area contributed by atoms with Crippen molar-refractivity contribution in [2.75, 3.05) is 50.8 Å². The third-order valence-electron chi connectivity index (χ3n) is 6.37. The Balaban J connectivity index is 1.37. The van der Waals surface area contributed by atoms with Crippen LogP contribution >= 0.6 is 0 Å². The summed E-state index contributed by atoms with van der Waals surface area (Å²) in [7, 11) is 0. The fourth-order valence-corrected chi connectivity index (χ4v) is 4.85. The largest absolute Gasteiger partial charge is 0.491 e. The minimum absolute atomic E-state index is 0.152. The quantitative estimate of drug-likeness (QED) is 0.611. The summed E-state index contributed by atoms with van der Waals surface area (Å²) >= 11 is 0. The van der Waals surface area contributed by atoms with Crippen molar-refractivity contribution in [2.24, 2.45) is 0 Å². The molecule has 7 nitrogen and oxygen atoms in total. The van der Waals surface area contributed by atoms with Crippen molar-refractivity contribution in [3.8, 4) is 5.75 Å². The van der Waals surface area contributed by atoms with Crippen molar-refractivity contribution >= 4 is 16.8 Å². The summed E-state index contributed by atoms with van der Waals surface area (Å²) in [6.45, 7) is 13.0. The predicted octanol–water partition coefficient (Wildman–Crippen LogP) is 3.91. The second kappa shape index (κ2) is 9.71. The maximum Gasteiger partial charge on any atom is 0.177 e. The van der Waals surface area contributed by atoms with Crippen LogP contribution < -0.4 is 15.0 Å². The van der Waals surface area contributed by atoms with E-state index in [0.29, 0.717) is 0 Å². The molecule has 0 radical (unpaired) electrons. The van der Waals surface area contributed by atoms with Gasteiger partial charge in [-0.2, -0.15) is 0 Å². The molecule has 1 atom stereocenters. The van der Waals surface area contributed by atoms with Crippen LogP contribution in [0.2, 0.25) is 0 Å². The van der Waals surface area contributed by atoms with Gasteiger partial charge in [-0.15, -0.1) is 0 Å². The number of pyridine rings is 1. The fourth-order valence-electron chi connectivity index (χ4n) is 4.85. The van der Waals surface area contributed by atoms with Gasteiger partial charge in [0.25, 0.3) is 0 Å². The van der Waals surface area contributed by atoms with E-state index in [-0.39, 0.29) is 12.1 Å². The highest BCUT2D eigenvalue weighted by atomic mass is 16.5. The molecule has 1 aromatic carbocycles. The Kier molecular flexibility index (Phi) is 6.53. The lowest BCUT2D eigenvalue weighted by Gasteiger charge is -2.35. The summed E-state index contributed by atoms with van der Waals surface area (Å²) in [4.78, 5) is 9.62. The number of furan rings is 1. The summed E-state index contributed by atoms with van der Waals surface area (Å²) in [5, 5.41) is 4.85. The Labute approximate surface area is 195 Å². The maximum absolute atomic E-state index is 6.13. The molecule has 2 aromatic heterocycles. The third kappa shape index (κ3) is 4.86. The van der Waals surface area contributed by atoms with Crippen LogP contribution in [0.1, 0.15) is 36.8 Å². The number of hydrogen-bond acceptors (Lipinski definition) is 7. The highest BCUT2D eigenvalue weighted by Gasteiger charge is 2.25. The predicted molar refractivity (Wildman–Crippen MR) is 130 cm³/mol. The molecule has 2 aliphatic heterocycles. The molecule has 0 aliphatic carbocycles. The number of fused-ring (bicyclic) bond motifs is 1. The Morgan fingerprint density at radius 3 is 2.82 bits per heavy atom. The first-order valence-electron chi connectivity index (χ1n) is 12.0. The Morgan fingerprint density at radius 1 is 1.18 bits per heavy atom. The molecule has 0 unspecified atom stereocenters. The van der Waals surface area contributed by atoms with Gasteiger partial charge in [0.1, 0.15) is 11.5 Å². The molecule has 2 fully saturated rings. The number of piperazine rings is 1. The van der Waals surface area contributed by atoms with Crippen LogP contribution in [0.25, 0.3) is 11.0 Å². The minimum Gasteiger partial charge on any atom is -0.491 e. The smallest absolute Gasteiger partial charge is 0.177 e. The molecule has 0 spiro atoms. The number of nitrogens with zero attached hydrogens (tertiary/aromatic N) is 3. The van der Waals surface area contributed by atoms with Gasteiger partial charge in [0, 0.05) is 62.5 Å². The summed E-state index contributed by atoms with van der Waals surface area (Å²) in [5.74, 6) is 2.83. The number of aromatic nitrogens is 1. The first kappa shape index (κ1) is 22.2. The number of para-hydroxylation sites is 1. The van der Waals surface area contributed by atoms with Gasteiger partial charge in [0.15, 0.2) is 11.4 Å². The van der Waals surface area contributed by atoms with Gasteiger partial charge < -0.3 is 24.1 Å². The SMILES string of the molecule is Cc1cc2c(CN3CCN[C@@H](c4ccccc4OC(C)C)C3)cnc(N3CCOCC3)c2o1. The zero-order valence-electron chi connectivity index (χ0n) is 19.8. The van der Waals surface area contributed by atoms with E-state index in [1.54, 1.807) is 0 Å². The molecule has 3 aromatic rings. The van der Waals surface area contributed by atoms with Gasteiger partial charge in [-0.3, -0.25) is 4.90 Å². The second-order valence-electron chi connectivity index (χ2n) is 9.25. The average Bonchev–Trinajstić information content (AvgIpc) is 3.22. The molecule has 2 aliphatic rings. The highest BCUT2D eigenvalue weighted by Crippen LogP contribution is 2.33. The molecule has 7 heteroatoms. The number of rotatable bonds is 6. The number of benzene rings is 1. The minimum atomic E-state index is 0.152. The Morgan fingerprint density at radius 2 is 2.00 bits per heavy atom. The summed E-state index contributed by atoms with van der Waals surface area (Å²) < 4.78 is 17.7. The van der Waals surface area contributed by atoms with E-state index in [9.17, 15) is 0 Å². The molecule has 1 N–H and O–H groups in total. The highest BCUT2D eigenvalue weighted by molar-refractivity contribution is 5.90. The van der Waals surface area contributed by atoms with Crippen LogP contribution in [-0.2, 0) is 11.3 Å². The first-order valence-corrected chi connectivity index (χ1v) is 12.0. The van der Waals surface area contributed by atoms with E-state index >= 15 is 0 Å². The molecule has 33 heavy (non-hydrogen) atoms.